The fourth-order valence-electron chi connectivity index (χ4n) is 2.26. The normalized spacial score (nSPS) is 18.9. The monoisotopic (exact) mass is 313 g/mol. The number of rotatable bonds is 3. The fraction of sp³-hybridized carbons (Fsp3) is 0.429. The molecule has 4 nitrogen and oxygen atoms in total. The molecule has 6 heteroatoms. The van der Waals surface area contributed by atoms with E-state index in [9.17, 15) is 9.59 Å². The van der Waals surface area contributed by atoms with Gasteiger partial charge in [-0.1, -0.05) is 23.7 Å². The van der Waals surface area contributed by atoms with Crippen LogP contribution in [0.25, 0.3) is 0 Å². The summed E-state index contributed by atoms with van der Waals surface area (Å²) in [5.41, 5.74) is 1.30. The number of hydrogen-bond donors (Lipinski definition) is 1. The van der Waals surface area contributed by atoms with Gasteiger partial charge in [0.15, 0.2) is 0 Å². The number of carbonyl (C=O) groups excluding carboxylic acids is 1. The lowest BCUT2D eigenvalue weighted by atomic mass is 10.1. The highest BCUT2D eigenvalue weighted by Crippen LogP contribution is 2.26. The molecule has 1 amide bonds. The molecule has 1 saturated heterocycles. The molecule has 1 N–H and O–H groups in total. The van der Waals surface area contributed by atoms with E-state index in [1.54, 1.807) is 28.8 Å². The summed E-state index contributed by atoms with van der Waals surface area (Å²) in [4.78, 5) is 25.2. The highest BCUT2D eigenvalue weighted by atomic mass is 35.5. The first-order chi connectivity index (χ1) is 9.50. The minimum Gasteiger partial charge on any atom is -0.481 e. The number of benzene rings is 1. The Hall–Kier alpha value is -1.20. The third-order valence-electron chi connectivity index (χ3n) is 3.32. The minimum absolute atomic E-state index is 0.0256. The van der Waals surface area contributed by atoms with Crippen LogP contribution in [-0.4, -0.2) is 46.0 Å². The topological polar surface area (TPSA) is 57.6 Å². The standard InChI is InChI=1S/C14H16ClNO3S/c1-9-3-2-4-11(13(9)15)14(19)16-5-6-20-8-10(16)7-12(17)18/h2-4,10H,5-8H2,1H3,(H,17,18). The van der Waals surface area contributed by atoms with Gasteiger partial charge in [-0.2, -0.15) is 11.8 Å². The molecule has 0 spiro atoms. The van der Waals surface area contributed by atoms with Gasteiger partial charge in [0.1, 0.15) is 0 Å². The molecular formula is C14H16ClNO3S. The van der Waals surface area contributed by atoms with Gasteiger partial charge in [0, 0.05) is 18.1 Å². The second-order valence-electron chi connectivity index (χ2n) is 4.76. The fourth-order valence-corrected chi connectivity index (χ4v) is 3.53. The molecule has 0 aliphatic carbocycles. The Morgan fingerprint density at radius 3 is 2.95 bits per heavy atom. The van der Waals surface area contributed by atoms with Crippen LogP contribution in [0.15, 0.2) is 18.2 Å². The molecule has 1 fully saturated rings. The van der Waals surface area contributed by atoms with Crippen molar-refractivity contribution < 1.29 is 14.7 Å². The van der Waals surface area contributed by atoms with Crippen molar-refractivity contribution in [3.05, 3.63) is 34.3 Å². The van der Waals surface area contributed by atoms with Crippen molar-refractivity contribution in [2.45, 2.75) is 19.4 Å². The average molecular weight is 314 g/mol. The number of carboxylic acid groups (broad SMARTS) is 1. The van der Waals surface area contributed by atoms with Crippen LogP contribution in [-0.2, 0) is 4.79 Å². The second-order valence-corrected chi connectivity index (χ2v) is 6.29. The lowest BCUT2D eigenvalue weighted by molar-refractivity contribution is -0.138. The quantitative estimate of drug-likeness (QED) is 0.932. The summed E-state index contributed by atoms with van der Waals surface area (Å²) in [6, 6.07) is 5.06. The van der Waals surface area contributed by atoms with Crippen LogP contribution >= 0.6 is 23.4 Å². The van der Waals surface area contributed by atoms with Crippen molar-refractivity contribution in [1.29, 1.82) is 0 Å². The maximum atomic E-state index is 12.6. The summed E-state index contributed by atoms with van der Waals surface area (Å²) in [7, 11) is 0. The van der Waals surface area contributed by atoms with Gasteiger partial charge in [0.25, 0.3) is 5.91 Å². The number of carbonyl (C=O) groups is 2. The van der Waals surface area contributed by atoms with E-state index in [4.69, 9.17) is 16.7 Å². The van der Waals surface area contributed by atoms with Crippen molar-refractivity contribution in [2.24, 2.45) is 0 Å². The number of thioether (sulfide) groups is 1. The summed E-state index contributed by atoms with van der Waals surface area (Å²) in [5, 5.41) is 9.41. The Bertz CT molecular complexity index is 535. The van der Waals surface area contributed by atoms with Crippen LogP contribution in [0.4, 0.5) is 0 Å². The first-order valence-corrected chi connectivity index (χ1v) is 7.89. The average Bonchev–Trinajstić information content (AvgIpc) is 2.41. The van der Waals surface area contributed by atoms with Gasteiger partial charge in [0.05, 0.1) is 23.0 Å². The molecule has 0 radical (unpaired) electrons. The molecule has 1 aromatic carbocycles. The summed E-state index contributed by atoms with van der Waals surface area (Å²) >= 11 is 7.87. The van der Waals surface area contributed by atoms with Crippen LogP contribution in [0.3, 0.4) is 0 Å². The minimum atomic E-state index is -0.884. The van der Waals surface area contributed by atoms with E-state index in [1.165, 1.54) is 0 Å². The van der Waals surface area contributed by atoms with Crippen LogP contribution in [0, 0.1) is 6.92 Å². The van der Waals surface area contributed by atoms with Gasteiger partial charge in [0.2, 0.25) is 0 Å². The number of halogens is 1. The third-order valence-corrected chi connectivity index (χ3v) is 4.91. The van der Waals surface area contributed by atoms with Gasteiger partial charge in [-0.25, -0.2) is 0 Å². The lowest BCUT2D eigenvalue weighted by Gasteiger charge is -2.35. The highest BCUT2D eigenvalue weighted by molar-refractivity contribution is 7.99. The van der Waals surface area contributed by atoms with E-state index in [2.05, 4.69) is 0 Å². The predicted octanol–water partition coefficient (Wildman–Crippen LogP) is 2.68. The van der Waals surface area contributed by atoms with Gasteiger partial charge in [-0.05, 0) is 18.6 Å². The molecule has 2 rings (SSSR count). The first-order valence-electron chi connectivity index (χ1n) is 6.36. The number of carboxylic acids is 1. The molecule has 1 aliphatic heterocycles. The molecule has 1 unspecified atom stereocenters. The van der Waals surface area contributed by atoms with E-state index < -0.39 is 5.97 Å². The number of hydrogen-bond acceptors (Lipinski definition) is 3. The van der Waals surface area contributed by atoms with E-state index in [0.29, 0.717) is 22.9 Å². The molecule has 108 valence electrons. The third kappa shape index (κ3) is 3.27. The Morgan fingerprint density at radius 2 is 2.25 bits per heavy atom. The number of nitrogens with zero attached hydrogens (tertiary/aromatic N) is 1. The predicted molar refractivity (Wildman–Crippen MR) is 80.6 cm³/mol. The number of aryl methyl sites for hydroxylation is 1. The lowest BCUT2D eigenvalue weighted by Crippen LogP contribution is -2.47. The molecule has 1 atom stereocenters. The first kappa shape index (κ1) is 15.2. The Kier molecular flexibility index (Phi) is 4.94. The Morgan fingerprint density at radius 1 is 1.50 bits per heavy atom. The number of amides is 1. The van der Waals surface area contributed by atoms with E-state index >= 15 is 0 Å². The van der Waals surface area contributed by atoms with Gasteiger partial charge < -0.3 is 10.0 Å². The molecule has 1 heterocycles. The molecule has 0 saturated carbocycles. The molecular weight excluding hydrogens is 298 g/mol. The van der Waals surface area contributed by atoms with Gasteiger partial charge >= 0.3 is 5.97 Å². The van der Waals surface area contributed by atoms with Crippen LogP contribution < -0.4 is 0 Å². The van der Waals surface area contributed by atoms with Crippen molar-refractivity contribution in [3.63, 3.8) is 0 Å². The summed E-state index contributed by atoms with van der Waals surface area (Å²) in [5.74, 6) is 0.420. The zero-order valence-corrected chi connectivity index (χ0v) is 12.7. The second kappa shape index (κ2) is 6.50. The van der Waals surface area contributed by atoms with Gasteiger partial charge in [-0.15, -0.1) is 0 Å². The van der Waals surface area contributed by atoms with E-state index in [1.807, 2.05) is 13.0 Å². The molecule has 0 bridgehead atoms. The van der Waals surface area contributed by atoms with Crippen molar-refractivity contribution in [3.8, 4) is 0 Å². The van der Waals surface area contributed by atoms with Crippen molar-refractivity contribution >= 4 is 35.2 Å². The maximum absolute atomic E-state index is 12.6. The summed E-state index contributed by atoms with van der Waals surface area (Å²) in [6.07, 6.45) is -0.0256. The Balaban J connectivity index is 2.25. The van der Waals surface area contributed by atoms with Crippen LogP contribution in [0.1, 0.15) is 22.3 Å². The number of aliphatic carboxylic acids is 1. The van der Waals surface area contributed by atoms with Crippen LogP contribution in [0.2, 0.25) is 5.02 Å². The van der Waals surface area contributed by atoms with Crippen LogP contribution in [0.5, 0.6) is 0 Å². The van der Waals surface area contributed by atoms with E-state index in [0.717, 1.165) is 11.3 Å². The molecule has 0 aromatic heterocycles. The van der Waals surface area contributed by atoms with E-state index in [-0.39, 0.29) is 18.4 Å². The highest BCUT2D eigenvalue weighted by Gasteiger charge is 2.30. The largest absolute Gasteiger partial charge is 0.481 e. The smallest absolute Gasteiger partial charge is 0.305 e. The van der Waals surface area contributed by atoms with Crippen molar-refractivity contribution in [1.82, 2.24) is 4.90 Å². The molecule has 1 aliphatic rings. The maximum Gasteiger partial charge on any atom is 0.305 e. The zero-order chi connectivity index (χ0) is 14.7. The molecule has 20 heavy (non-hydrogen) atoms. The van der Waals surface area contributed by atoms with Crippen molar-refractivity contribution in [2.75, 3.05) is 18.1 Å². The zero-order valence-electron chi connectivity index (χ0n) is 11.1. The van der Waals surface area contributed by atoms with Gasteiger partial charge in [-0.3, -0.25) is 9.59 Å². The Labute approximate surface area is 127 Å². The summed E-state index contributed by atoms with van der Waals surface area (Å²) < 4.78 is 0. The SMILES string of the molecule is Cc1cccc(C(=O)N2CCSCC2CC(=O)O)c1Cl. The molecule has 1 aromatic rings. The summed E-state index contributed by atoms with van der Waals surface area (Å²) in [6.45, 7) is 2.41.